The summed E-state index contributed by atoms with van der Waals surface area (Å²) in [6.07, 6.45) is 1.84. The molecule has 0 saturated carbocycles. The van der Waals surface area contributed by atoms with E-state index in [0.29, 0.717) is 23.2 Å². The Hall–Kier alpha value is -1.53. The minimum Gasteiger partial charge on any atom is -0.260 e. The van der Waals surface area contributed by atoms with Crippen LogP contribution in [0.5, 0.6) is 0 Å². The van der Waals surface area contributed by atoms with Crippen LogP contribution in [0, 0.1) is 0 Å². The minimum absolute atomic E-state index is 0.319. The third kappa shape index (κ3) is 2.19. The molecule has 2 aromatic carbocycles. The van der Waals surface area contributed by atoms with E-state index in [9.17, 15) is 8.42 Å². The maximum atomic E-state index is 12.7. The van der Waals surface area contributed by atoms with E-state index in [2.05, 4.69) is 4.99 Å². The predicted octanol–water partition coefficient (Wildman–Crippen LogP) is 2.56. The monoisotopic (exact) mass is 306 g/mol. The molecule has 1 aliphatic rings. The second-order valence-corrected chi connectivity index (χ2v) is 7.09. The van der Waals surface area contributed by atoms with E-state index in [-0.39, 0.29) is 0 Å². The van der Waals surface area contributed by atoms with Crippen molar-refractivity contribution in [2.24, 2.45) is 4.99 Å². The van der Waals surface area contributed by atoms with Crippen LogP contribution < -0.4 is 0 Å². The van der Waals surface area contributed by atoms with Crippen LogP contribution in [-0.4, -0.2) is 37.2 Å². The molecule has 0 spiro atoms. The van der Waals surface area contributed by atoms with Crippen LogP contribution in [0.4, 0.5) is 0 Å². The summed E-state index contributed by atoms with van der Waals surface area (Å²) < 4.78 is 26.7. The summed E-state index contributed by atoms with van der Waals surface area (Å²) in [7, 11) is -3.51. The van der Waals surface area contributed by atoms with Crippen molar-refractivity contribution < 1.29 is 8.42 Å². The van der Waals surface area contributed by atoms with Crippen molar-refractivity contribution in [1.82, 2.24) is 4.31 Å². The molecule has 0 radical (unpaired) electrons. The average Bonchev–Trinajstić information content (AvgIpc) is 2.96. The van der Waals surface area contributed by atoms with E-state index in [1.54, 1.807) is 12.1 Å². The molecule has 0 saturated heterocycles. The minimum atomic E-state index is -3.51. The van der Waals surface area contributed by atoms with Gasteiger partial charge >= 0.3 is 0 Å². The van der Waals surface area contributed by atoms with Gasteiger partial charge in [0.25, 0.3) is 10.0 Å². The fraction of sp³-hybridized carbons (Fsp3) is 0.214. The molecular weight excluding hydrogens is 292 g/mol. The first-order valence-corrected chi connectivity index (χ1v) is 8.89. The molecule has 3 rings (SSSR count). The normalized spacial score (nSPS) is 15.7. The number of rotatable bonds is 2. The van der Waals surface area contributed by atoms with E-state index in [4.69, 9.17) is 0 Å². The maximum Gasteiger partial charge on any atom is 0.265 e. The molecule has 0 amide bonds. The van der Waals surface area contributed by atoms with Crippen molar-refractivity contribution in [2.45, 2.75) is 4.90 Å². The summed E-state index contributed by atoms with van der Waals surface area (Å²) in [5, 5.41) is 2.53. The Morgan fingerprint density at radius 1 is 1.15 bits per heavy atom. The molecule has 104 valence electrons. The smallest absolute Gasteiger partial charge is 0.260 e. The summed E-state index contributed by atoms with van der Waals surface area (Å²) in [6.45, 7) is 0.953. The molecule has 1 heterocycles. The zero-order valence-corrected chi connectivity index (χ0v) is 12.6. The Kier molecular flexibility index (Phi) is 3.43. The highest BCUT2D eigenvalue weighted by Crippen LogP contribution is 2.25. The number of fused-ring (bicyclic) bond motifs is 1. The van der Waals surface area contributed by atoms with E-state index in [1.165, 1.54) is 16.1 Å². The van der Waals surface area contributed by atoms with Gasteiger partial charge in [0.05, 0.1) is 18.0 Å². The molecule has 0 atom stereocenters. The number of benzene rings is 2. The van der Waals surface area contributed by atoms with E-state index < -0.39 is 10.0 Å². The fourth-order valence-electron chi connectivity index (χ4n) is 2.26. The summed E-state index contributed by atoms with van der Waals surface area (Å²) >= 11 is 1.36. The molecular formula is C14H14N2O2S2. The molecule has 0 aromatic heterocycles. The third-order valence-corrected chi connectivity index (χ3v) is 5.87. The lowest BCUT2D eigenvalue weighted by Crippen LogP contribution is -2.32. The molecule has 0 aliphatic carbocycles. The topological polar surface area (TPSA) is 49.7 Å². The van der Waals surface area contributed by atoms with Crippen molar-refractivity contribution in [3.8, 4) is 0 Å². The molecule has 6 heteroatoms. The average molecular weight is 306 g/mol. The number of nitrogens with zero attached hydrogens (tertiary/aromatic N) is 2. The largest absolute Gasteiger partial charge is 0.265 e. The summed E-state index contributed by atoms with van der Waals surface area (Å²) in [4.78, 5) is 4.54. The quantitative estimate of drug-likeness (QED) is 0.857. The molecule has 0 N–H and O–H groups in total. The Labute approximate surface area is 122 Å². The molecule has 4 nitrogen and oxygen atoms in total. The highest BCUT2D eigenvalue weighted by Gasteiger charge is 2.30. The fourth-order valence-corrected chi connectivity index (χ4v) is 4.64. The standard InChI is InChI=1S/C14H14N2O2S2/c1-19-14-15-8-9-16(14)20(17,18)13-7-6-11-4-2-3-5-12(11)10-13/h2-7,10H,8-9H2,1H3. The van der Waals surface area contributed by atoms with Gasteiger partial charge in [0.1, 0.15) is 0 Å². The highest BCUT2D eigenvalue weighted by molar-refractivity contribution is 8.14. The number of aliphatic imine (C=N–C) groups is 1. The van der Waals surface area contributed by atoms with E-state index in [1.807, 2.05) is 36.6 Å². The van der Waals surface area contributed by atoms with Gasteiger partial charge in [0.15, 0.2) is 5.17 Å². The Bertz CT molecular complexity index is 785. The first-order chi connectivity index (χ1) is 9.63. The van der Waals surface area contributed by atoms with Crippen molar-refractivity contribution >= 4 is 37.7 Å². The number of hydrogen-bond acceptors (Lipinski definition) is 4. The molecule has 0 bridgehead atoms. The number of thioether (sulfide) groups is 1. The van der Waals surface area contributed by atoms with Gasteiger partial charge < -0.3 is 0 Å². The first kappa shape index (κ1) is 13.5. The van der Waals surface area contributed by atoms with Crippen molar-refractivity contribution in [1.29, 1.82) is 0 Å². The number of sulfonamides is 1. The third-order valence-electron chi connectivity index (χ3n) is 3.26. The van der Waals surface area contributed by atoms with Gasteiger partial charge in [-0.25, -0.2) is 12.7 Å². The van der Waals surface area contributed by atoms with Crippen LogP contribution in [-0.2, 0) is 10.0 Å². The van der Waals surface area contributed by atoms with Crippen LogP contribution >= 0.6 is 11.8 Å². The van der Waals surface area contributed by atoms with E-state index >= 15 is 0 Å². The van der Waals surface area contributed by atoms with Gasteiger partial charge in [0, 0.05) is 0 Å². The molecule has 0 fully saturated rings. The second-order valence-electron chi connectivity index (χ2n) is 4.45. The lowest BCUT2D eigenvalue weighted by Gasteiger charge is -2.19. The van der Waals surface area contributed by atoms with Crippen LogP contribution in [0.1, 0.15) is 0 Å². The van der Waals surface area contributed by atoms with Gasteiger partial charge in [-0.05, 0) is 29.2 Å². The lowest BCUT2D eigenvalue weighted by molar-refractivity contribution is 0.540. The van der Waals surface area contributed by atoms with Gasteiger partial charge in [-0.3, -0.25) is 4.99 Å². The summed E-state index contributed by atoms with van der Waals surface area (Å²) in [6, 6.07) is 13.0. The summed E-state index contributed by atoms with van der Waals surface area (Å²) in [5.41, 5.74) is 0. The maximum absolute atomic E-state index is 12.7. The van der Waals surface area contributed by atoms with Crippen molar-refractivity contribution in [3.63, 3.8) is 0 Å². The first-order valence-electron chi connectivity index (χ1n) is 6.23. The zero-order chi connectivity index (χ0) is 14.2. The Morgan fingerprint density at radius 3 is 2.65 bits per heavy atom. The lowest BCUT2D eigenvalue weighted by atomic mass is 10.1. The Morgan fingerprint density at radius 2 is 1.90 bits per heavy atom. The van der Waals surface area contributed by atoms with E-state index in [0.717, 1.165) is 10.8 Å². The predicted molar refractivity (Wildman–Crippen MR) is 83.7 cm³/mol. The SMILES string of the molecule is CSC1=NCCN1S(=O)(=O)c1ccc2ccccc2c1. The summed E-state index contributed by atoms with van der Waals surface area (Å²) in [5.74, 6) is 0. The van der Waals surface area contributed by atoms with Gasteiger partial charge in [-0.2, -0.15) is 0 Å². The van der Waals surface area contributed by atoms with Crippen LogP contribution in [0.2, 0.25) is 0 Å². The second kappa shape index (κ2) is 5.10. The van der Waals surface area contributed by atoms with Crippen molar-refractivity contribution in [2.75, 3.05) is 19.3 Å². The number of amidine groups is 1. The van der Waals surface area contributed by atoms with Gasteiger partial charge in [-0.1, -0.05) is 42.1 Å². The van der Waals surface area contributed by atoms with Crippen molar-refractivity contribution in [3.05, 3.63) is 42.5 Å². The zero-order valence-electron chi connectivity index (χ0n) is 11.0. The molecule has 20 heavy (non-hydrogen) atoms. The molecule has 0 unspecified atom stereocenters. The molecule has 1 aliphatic heterocycles. The van der Waals surface area contributed by atoms with Gasteiger partial charge in [0.2, 0.25) is 0 Å². The highest BCUT2D eigenvalue weighted by atomic mass is 32.2. The van der Waals surface area contributed by atoms with Gasteiger partial charge in [-0.15, -0.1) is 0 Å². The van der Waals surface area contributed by atoms with Crippen LogP contribution in [0.3, 0.4) is 0 Å². The molecule has 2 aromatic rings. The van der Waals surface area contributed by atoms with Crippen LogP contribution in [0.25, 0.3) is 10.8 Å². The Balaban J connectivity index is 2.07. The number of hydrogen-bond donors (Lipinski definition) is 0. The van der Waals surface area contributed by atoms with Crippen LogP contribution in [0.15, 0.2) is 52.4 Å².